The zero-order valence-corrected chi connectivity index (χ0v) is 14.7. The van der Waals surface area contributed by atoms with Crippen molar-refractivity contribution >= 4 is 17.6 Å². The van der Waals surface area contributed by atoms with E-state index in [0.717, 1.165) is 5.56 Å². The molecule has 2 amide bonds. The van der Waals surface area contributed by atoms with Crippen molar-refractivity contribution < 1.29 is 14.0 Å². The smallest absolute Gasteiger partial charge is 0.230 e. The summed E-state index contributed by atoms with van der Waals surface area (Å²) in [5.41, 5.74) is 1.09. The van der Waals surface area contributed by atoms with Gasteiger partial charge in [0.2, 0.25) is 11.8 Å². The highest BCUT2D eigenvalue weighted by atomic mass is 16.3. The molecular weight excluding hydrogens is 344 g/mol. The number of nitrogens with one attached hydrogen (secondary N) is 1. The minimum absolute atomic E-state index is 0.0376. The molecule has 1 aliphatic rings. The van der Waals surface area contributed by atoms with E-state index in [4.69, 9.17) is 4.42 Å². The first kappa shape index (κ1) is 17.1. The molecule has 1 saturated heterocycles. The highest BCUT2D eigenvalue weighted by Crippen LogP contribution is 2.22. The van der Waals surface area contributed by atoms with Crippen molar-refractivity contribution in [3.63, 3.8) is 0 Å². The summed E-state index contributed by atoms with van der Waals surface area (Å²) in [6.45, 7) is 1.34. The Morgan fingerprint density at radius 1 is 1.15 bits per heavy atom. The van der Waals surface area contributed by atoms with E-state index in [2.05, 4.69) is 10.4 Å². The molecule has 0 aliphatic carbocycles. The van der Waals surface area contributed by atoms with Crippen LogP contribution in [-0.2, 0) is 22.7 Å². The van der Waals surface area contributed by atoms with E-state index >= 15 is 0 Å². The summed E-state index contributed by atoms with van der Waals surface area (Å²) in [4.78, 5) is 26.5. The highest BCUT2D eigenvalue weighted by molar-refractivity contribution is 5.96. The Labute approximate surface area is 156 Å². The fourth-order valence-electron chi connectivity index (χ4n) is 3.24. The summed E-state index contributed by atoms with van der Waals surface area (Å²) < 4.78 is 7.03. The van der Waals surface area contributed by atoms with Gasteiger partial charge < -0.3 is 14.6 Å². The summed E-state index contributed by atoms with van der Waals surface area (Å²) in [7, 11) is 0. The molecule has 0 spiro atoms. The van der Waals surface area contributed by atoms with Gasteiger partial charge in [0.05, 0.1) is 31.5 Å². The van der Waals surface area contributed by atoms with Gasteiger partial charge >= 0.3 is 0 Å². The maximum atomic E-state index is 12.7. The number of carbonyl (C=O) groups excluding carboxylic acids is 2. The number of furan rings is 1. The summed E-state index contributed by atoms with van der Waals surface area (Å²) >= 11 is 0. The molecule has 0 saturated carbocycles. The zero-order valence-electron chi connectivity index (χ0n) is 14.7. The van der Waals surface area contributed by atoms with Crippen LogP contribution in [0.1, 0.15) is 17.7 Å². The summed E-state index contributed by atoms with van der Waals surface area (Å²) in [5, 5.41) is 7.20. The predicted octanol–water partition coefficient (Wildman–Crippen LogP) is 2.51. The lowest BCUT2D eigenvalue weighted by Crippen LogP contribution is -2.28. The van der Waals surface area contributed by atoms with Crippen molar-refractivity contribution in [1.82, 2.24) is 14.7 Å². The minimum Gasteiger partial charge on any atom is -0.467 e. The molecule has 0 unspecified atom stereocenters. The van der Waals surface area contributed by atoms with Gasteiger partial charge in [0.1, 0.15) is 11.6 Å². The van der Waals surface area contributed by atoms with E-state index in [0.29, 0.717) is 31.2 Å². The number of rotatable bonds is 6. The zero-order chi connectivity index (χ0) is 18.6. The van der Waals surface area contributed by atoms with E-state index in [1.807, 2.05) is 36.4 Å². The number of nitrogens with zero attached hydrogens (tertiary/aromatic N) is 3. The normalized spacial score (nSPS) is 16.7. The fraction of sp³-hybridized carbons (Fsp3) is 0.250. The number of amides is 2. The van der Waals surface area contributed by atoms with Gasteiger partial charge in [-0.1, -0.05) is 30.3 Å². The maximum absolute atomic E-state index is 12.7. The van der Waals surface area contributed by atoms with Crippen molar-refractivity contribution in [3.8, 4) is 0 Å². The molecule has 1 aromatic carbocycles. The highest BCUT2D eigenvalue weighted by Gasteiger charge is 2.34. The van der Waals surface area contributed by atoms with E-state index in [1.54, 1.807) is 34.2 Å². The Bertz CT molecular complexity index is 918. The number of likely N-dealkylation sites (tertiary alicyclic amines) is 1. The lowest BCUT2D eigenvalue weighted by atomic mass is 10.1. The van der Waals surface area contributed by atoms with Crippen LogP contribution in [0.5, 0.6) is 0 Å². The van der Waals surface area contributed by atoms with Crippen molar-refractivity contribution in [2.75, 3.05) is 11.9 Å². The number of benzene rings is 1. The molecule has 4 rings (SSSR count). The summed E-state index contributed by atoms with van der Waals surface area (Å²) in [5.74, 6) is 0.753. The average Bonchev–Trinajstić information content (AvgIpc) is 3.40. The number of anilines is 1. The Hall–Kier alpha value is -3.35. The number of aromatic nitrogens is 2. The van der Waals surface area contributed by atoms with Gasteiger partial charge in [0, 0.05) is 19.0 Å². The second-order valence-corrected chi connectivity index (χ2v) is 6.60. The van der Waals surface area contributed by atoms with Crippen molar-refractivity contribution in [2.45, 2.75) is 19.5 Å². The van der Waals surface area contributed by atoms with Crippen LogP contribution in [0, 0.1) is 5.92 Å². The van der Waals surface area contributed by atoms with E-state index in [9.17, 15) is 9.59 Å². The Morgan fingerprint density at radius 3 is 2.78 bits per heavy atom. The van der Waals surface area contributed by atoms with Crippen LogP contribution >= 0.6 is 0 Å². The second-order valence-electron chi connectivity index (χ2n) is 6.60. The van der Waals surface area contributed by atoms with Gasteiger partial charge in [-0.15, -0.1) is 0 Å². The van der Waals surface area contributed by atoms with Gasteiger partial charge in [-0.05, 0) is 17.7 Å². The predicted molar refractivity (Wildman–Crippen MR) is 98.6 cm³/mol. The molecule has 3 heterocycles. The summed E-state index contributed by atoms with van der Waals surface area (Å²) in [6, 6.07) is 15.3. The number of carbonyl (C=O) groups is 2. The quantitative estimate of drug-likeness (QED) is 0.729. The van der Waals surface area contributed by atoms with Crippen molar-refractivity contribution in [1.29, 1.82) is 0 Å². The first-order valence-corrected chi connectivity index (χ1v) is 8.86. The second kappa shape index (κ2) is 7.49. The molecule has 1 N–H and O–H groups in total. The van der Waals surface area contributed by atoms with Crippen LogP contribution < -0.4 is 5.32 Å². The summed E-state index contributed by atoms with van der Waals surface area (Å²) in [6.07, 6.45) is 3.44. The SMILES string of the molecule is O=C(Nc1ccnn1Cc1ccccc1)[C@@H]1CC(=O)N(Cc2ccco2)C1. The molecule has 1 atom stereocenters. The van der Waals surface area contributed by atoms with E-state index in [1.165, 1.54) is 0 Å². The molecule has 1 aliphatic heterocycles. The third-order valence-electron chi connectivity index (χ3n) is 4.66. The van der Waals surface area contributed by atoms with Gasteiger partial charge in [0.15, 0.2) is 0 Å². The van der Waals surface area contributed by atoms with E-state index < -0.39 is 0 Å². The molecule has 7 nitrogen and oxygen atoms in total. The van der Waals surface area contributed by atoms with Gasteiger partial charge in [0.25, 0.3) is 0 Å². The average molecular weight is 364 g/mol. The van der Waals surface area contributed by atoms with Gasteiger partial charge in [-0.25, -0.2) is 4.68 Å². The third-order valence-corrected chi connectivity index (χ3v) is 4.66. The van der Waals surface area contributed by atoms with Crippen molar-refractivity contribution in [2.24, 2.45) is 5.92 Å². The Balaban J connectivity index is 1.38. The fourth-order valence-corrected chi connectivity index (χ4v) is 3.24. The Kier molecular flexibility index (Phi) is 4.74. The van der Waals surface area contributed by atoms with Crippen LogP contribution in [0.2, 0.25) is 0 Å². The monoisotopic (exact) mass is 364 g/mol. The van der Waals surface area contributed by atoms with Crippen LogP contribution in [0.25, 0.3) is 0 Å². The Morgan fingerprint density at radius 2 is 2.00 bits per heavy atom. The molecule has 138 valence electrons. The largest absolute Gasteiger partial charge is 0.467 e. The first-order chi connectivity index (χ1) is 13.2. The molecule has 3 aromatic rings. The van der Waals surface area contributed by atoms with Crippen LogP contribution in [-0.4, -0.2) is 33.0 Å². The molecule has 1 fully saturated rings. The molecule has 0 bridgehead atoms. The van der Waals surface area contributed by atoms with Gasteiger partial charge in [-0.2, -0.15) is 5.10 Å². The van der Waals surface area contributed by atoms with Gasteiger partial charge in [-0.3, -0.25) is 9.59 Å². The molecular formula is C20H20N4O3. The molecule has 0 radical (unpaired) electrons. The topological polar surface area (TPSA) is 80.4 Å². The molecule has 27 heavy (non-hydrogen) atoms. The molecule has 2 aromatic heterocycles. The first-order valence-electron chi connectivity index (χ1n) is 8.86. The lowest BCUT2D eigenvalue weighted by molar-refractivity contribution is -0.128. The van der Waals surface area contributed by atoms with Crippen LogP contribution in [0.4, 0.5) is 5.82 Å². The van der Waals surface area contributed by atoms with Crippen LogP contribution in [0.15, 0.2) is 65.4 Å². The third kappa shape index (κ3) is 3.92. The standard InChI is InChI=1S/C20H20N4O3/c25-19-11-16(13-23(19)14-17-7-4-10-27-17)20(26)22-18-8-9-21-24(18)12-15-5-2-1-3-6-15/h1-10,16H,11-14H2,(H,22,26)/t16-/m1/s1. The lowest BCUT2D eigenvalue weighted by Gasteiger charge is -2.15. The maximum Gasteiger partial charge on any atom is 0.230 e. The molecule has 7 heteroatoms. The van der Waals surface area contributed by atoms with Crippen LogP contribution in [0.3, 0.4) is 0 Å². The number of hydrogen-bond donors (Lipinski definition) is 1. The minimum atomic E-state index is -0.382. The van der Waals surface area contributed by atoms with E-state index in [-0.39, 0.29) is 24.2 Å². The van der Waals surface area contributed by atoms with Crippen molar-refractivity contribution in [3.05, 3.63) is 72.3 Å². The number of hydrogen-bond acceptors (Lipinski definition) is 4.